The Morgan fingerprint density at radius 2 is 1.79 bits per heavy atom. The van der Waals surface area contributed by atoms with Crippen LogP contribution in [0.5, 0.6) is 0 Å². The van der Waals surface area contributed by atoms with E-state index in [-0.39, 0.29) is 17.4 Å². The molecule has 24 heavy (non-hydrogen) atoms. The van der Waals surface area contributed by atoms with Gasteiger partial charge >= 0.3 is 0 Å². The number of hydrogen-bond acceptors (Lipinski definition) is 2. The summed E-state index contributed by atoms with van der Waals surface area (Å²) in [5.74, 6) is 0.740. The second kappa shape index (κ2) is 5.59. The molecule has 1 aromatic rings. The summed E-state index contributed by atoms with van der Waals surface area (Å²) in [6, 6.07) is 10.0. The molecule has 5 rings (SSSR count). The Balaban J connectivity index is 1.42. The molecular weight excluding hydrogens is 296 g/mol. The standard InChI is InChI=1S/C21H28N2O/c24-19-14-18-20(22-19)16-8-4-5-9-17(16)21(18)10-12-23(13-11-21)15-6-2-1-3-7-15/h4-5,8-9,15,18,20H,1-3,6-7,10-14H2,(H,22,24)/t18-,20-/m1/s1. The summed E-state index contributed by atoms with van der Waals surface area (Å²) in [6.07, 6.45) is 10.2. The summed E-state index contributed by atoms with van der Waals surface area (Å²) in [4.78, 5) is 14.9. The third-order valence-electron chi connectivity index (χ3n) is 7.45. The number of nitrogens with zero attached hydrogens (tertiary/aromatic N) is 1. The average molecular weight is 324 g/mol. The second-order valence-corrected chi connectivity index (χ2v) is 8.43. The molecule has 0 unspecified atom stereocenters. The molecule has 0 radical (unpaired) electrons. The number of carbonyl (C=O) groups excluding carboxylic acids is 1. The first-order chi connectivity index (χ1) is 11.8. The van der Waals surface area contributed by atoms with Gasteiger partial charge in [0, 0.05) is 23.8 Å². The topological polar surface area (TPSA) is 32.3 Å². The van der Waals surface area contributed by atoms with Gasteiger partial charge in [-0.05, 0) is 49.9 Å². The predicted octanol–water partition coefficient (Wildman–Crippen LogP) is 3.54. The van der Waals surface area contributed by atoms with Crippen LogP contribution in [0.3, 0.4) is 0 Å². The Morgan fingerprint density at radius 3 is 2.58 bits per heavy atom. The average Bonchev–Trinajstić information content (AvgIpc) is 3.14. The van der Waals surface area contributed by atoms with E-state index in [9.17, 15) is 4.79 Å². The summed E-state index contributed by atoms with van der Waals surface area (Å²) < 4.78 is 0. The van der Waals surface area contributed by atoms with Crippen LogP contribution in [0.4, 0.5) is 0 Å². The lowest BCUT2D eigenvalue weighted by Crippen LogP contribution is -2.49. The van der Waals surface area contributed by atoms with E-state index in [4.69, 9.17) is 0 Å². The van der Waals surface area contributed by atoms with Gasteiger partial charge in [0.05, 0.1) is 6.04 Å². The molecule has 3 fully saturated rings. The molecule has 2 aliphatic carbocycles. The molecule has 128 valence electrons. The summed E-state index contributed by atoms with van der Waals surface area (Å²) in [5, 5.41) is 3.27. The van der Waals surface area contributed by atoms with E-state index in [0.29, 0.717) is 5.92 Å². The minimum atomic E-state index is 0.242. The van der Waals surface area contributed by atoms with E-state index in [1.165, 1.54) is 63.6 Å². The van der Waals surface area contributed by atoms with Crippen molar-refractivity contribution in [2.75, 3.05) is 13.1 Å². The Hall–Kier alpha value is -1.35. The maximum absolute atomic E-state index is 12.1. The van der Waals surface area contributed by atoms with Crippen molar-refractivity contribution in [1.29, 1.82) is 0 Å². The first-order valence-corrected chi connectivity index (χ1v) is 9.91. The van der Waals surface area contributed by atoms with Crippen LogP contribution in [-0.4, -0.2) is 29.9 Å². The third kappa shape index (κ3) is 2.10. The van der Waals surface area contributed by atoms with Crippen LogP contribution in [0.25, 0.3) is 0 Å². The highest BCUT2D eigenvalue weighted by atomic mass is 16.2. The van der Waals surface area contributed by atoms with E-state index in [0.717, 1.165) is 12.5 Å². The molecule has 2 heterocycles. The molecule has 3 nitrogen and oxygen atoms in total. The molecule has 1 spiro atoms. The van der Waals surface area contributed by atoms with E-state index in [1.807, 2.05) is 0 Å². The van der Waals surface area contributed by atoms with Gasteiger partial charge in [0.15, 0.2) is 0 Å². The Morgan fingerprint density at radius 1 is 1.04 bits per heavy atom. The van der Waals surface area contributed by atoms with Gasteiger partial charge in [0.2, 0.25) is 5.91 Å². The van der Waals surface area contributed by atoms with Gasteiger partial charge in [-0.3, -0.25) is 4.79 Å². The molecule has 2 atom stereocenters. The quantitative estimate of drug-likeness (QED) is 0.857. The zero-order valence-corrected chi connectivity index (χ0v) is 14.5. The zero-order chi connectivity index (χ0) is 16.1. The molecule has 3 heteroatoms. The van der Waals surface area contributed by atoms with Crippen molar-refractivity contribution < 1.29 is 4.79 Å². The van der Waals surface area contributed by atoms with Crippen molar-refractivity contribution in [3.63, 3.8) is 0 Å². The highest BCUT2D eigenvalue weighted by Gasteiger charge is 2.56. The van der Waals surface area contributed by atoms with Crippen molar-refractivity contribution >= 4 is 5.91 Å². The van der Waals surface area contributed by atoms with Crippen LogP contribution >= 0.6 is 0 Å². The molecule has 2 saturated heterocycles. The Bertz CT molecular complexity index is 641. The smallest absolute Gasteiger partial charge is 0.220 e. The fraction of sp³-hybridized carbons (Fsp3) is 0.667. The van der Waals surface area contributed by atoms with Crippen molar-refractivity contribution in [3.8, 4) is 0 Å². The summed E-state index contributed by atoms with van der Waals surface area (Å²) in [5.41, 5.74) is 3.19. The minimum absolute atomic E-state index is 0.242. The molecule has 1 aromatic carbocycles. The normalized spacial score (nSPS) is 32.6. The molecule has 0 aromatic heterocycles. The number of hydrogen-bond donors (Lipinski definition) is 1. The first kappa shape index (κ1) is 14.9. The SMILES string of the molecule is O=C1C[C@@H]2[C@H](N1)c1ccccc1C21CCN(C2CCCCC2)CC1. The summed E-state index contributed by atoms with van der Waals surface area (Å²) in [6.45, 7) is 2.44. The molecule has 1 N–H and O–H groups in total. The van der Waals surface area contributed by atoms with Gasteiger partial charge in [-0.2, -0.15) is 0 Å². The van der Waals surface area contributed by atoms with Crippen LogP contribution in [-0.2, 0) is 10.2 Å². The van der Waals surface area contributed by atoms with E-state index >= 15 is 0 Å². The lowest BCUT2D eigenvalue weighted by Gasteiger charge is -2.46. The largest absolute Gasteiger partial charge is 0.349 e. The van der Waals surface area contributed by atoms with Crippen molar-refractivity contribution in [1.82, 2.24) is 10.2 Å². The molecule has 1 saturated carbocycles. The molecular formula is C21H28N2O. The van der Waals surface area contributed by atoms with E-state index in [2.05, 4.69) is 34.5 Å². The van der Waals surface area contributed by atoms with Gasteiger partial charge in [0.1, 0.15) is 0 Å². The lowest BCUT2D eigenvalue weighted by atomic mass is 9.67. The second-order valence-electron chi connectivity index (χ2n) is 8.43. The molecule has 2 aliphatic heterocycles. The van der Waals surface area contributed by atoms with Crippen LogP contribution in [0.15, 0.2) is 24.3 Å². The maximum atomic E-state index is 12.1. The fourth-order valence-electron chi connectivity index (χ4n) is 6.26. The molecule has 4 aliphatic rings. The number of benzene rings is 1. The van der Waals surface area contributed by atoms with Gasteiger partial charge in [0.25, 0.3) is 0 Å². The van der Waals surface area contributed by atoms with Gasteiger partial charge < -0.3 is 10.2 Å². The number of fused-ring (bicyclic) bond motifs is 5. The number of carbonyl (C=O) groups is 1. The lowest BCUT2D eigenvalue weighted by molar-refractivity contribution is -0.119. The van der Waals surface area contributed by atoms with E-state index < -0.39 is 0 Å². The van der Waals surface area contributed by atoms with E-state index in [1.54, 1.807) is 5.56 Å². The third-order valence-corrected chi connectivity index (χ3v) is 7.45. The monoisotopic (exact) mass is 324 g/mol. The van der Waals surface area contributed by atoms with Gasteiger partial charge in [-0.15, -0.1) is 0 Å². The number of likely N-dealkylation sites (tertiary alicyclic amines) is 1. The number of rotatable bonds is 1. The van der Waals surface area contributed by atoms with Crippen molar-refractivity contribution in [2.24, 2.45) is 5.92 Å². The zero-order valence-electron chi connectivity index (χ0n) is 14.5. The van der Waals surface area contributed by atoms with Gasteiger partial charge in [-0.25, -0.2) is 0 Å². The number of piperidine rings is 1. The van der Waals surface area contributed by atoms with Crippen LogP contribution in [0.2, 0.25) is 0 Å². The minimum Gasteiger partial charge on any atom is -0.349 e. The highest BCUT2D eigenvalue weighted by Crippen LogP contribution is 2.58. The van der Waals surface area contributed by atoms with Crippen LogP contribution in [0.1, 0.15) is 68.5 Å². The Labute approximate surface area is 144 Å². The number of amides is 1. The van der Waals surface area contributed by atoms with Gasteiger partial charge in [-0.1, -0.05) is 43.5 Å². The van der Waals surface area contributed by atoms with Crippen LogP contribution < -0.4 is 5.32 Å². The maximum Gasteiger partial charge on any atom is 0.220 e. The Kier molecular flexibility index (Phi) is 3.48. The van der Waals surface area contributed by atoms with Crippen LogP contribution in [0, 0.1) is 5.92 Å². The molecule has 1 amide bonds. The summed E-state index contributed by atoms with van der Waals surface area (Å²) >= 11 is 0. The van der Waals surface area contributed by atoms with Crippen molar-refractivity contribution in [3.05, 3.63) is 35.4 Å². The summed E-state index contributed by atoms with van der Waals surface area (Å²) in [7, 11) is 0. The fourth-order valence-corrected chi connectivity index (χ4v) is 6.26. The number of nitrogens with one attached hydrogen (secondary N) is 1. The van der Waals surface area contributed by atoms with Crippen molar-refractivity contribution in [2.45, 2.75) is 68.9 Å². The molecule has 0 bridgehead atoms. The first-order valence-electron chi connectivity index (χ1n) is 9.91. The predicted molar refractivity (Wildman–Crippen MR) is 94.8 cm³/mol. The highest BCUT2D eigenvalue weighted by molar-refractivity contribution is 5.81.